The first-order chi connectivity index (χ1) is 12.3. The molecule has 0 bridgehead atoms. The SMILES string of the molecule is O=C(c1cc(C2CC2)on1)N1CC(c2nc(-c3cnccn3)no2)C1. The van der Waals surface area contributed by atoms with Crippen LogP contribution in [0.15, 0.2) is 33.7 Å². The minimum atomic E-state index is -0.124. The van der Waals surface area contributed by atoms with Crippen LogP contribution in [0.3, 0.4) is 0 Å². The molecule has 1 saturated carbocycles. The Bertz CT molecular complexity index is 911. The minimum Gasteiger partial charge on any atom is -0.360 e. The third kappa shape index (κ3) is 2.57. The van der Waals surface area contributed by atoms with E-state index in [1.54, 1.807) is 29.6 Å². The van der Waals surface area contributed by atoms with Crippen molar-refractivity contribution in [2.45, 2.75) is 24.7 Å². The van der Waals surface area contributed by atoms with Gasteiger partial charge in [-0.05, 0) is 12.8 Å². The van der Waals surface area contributed by atoms with Crippen LogP contribution < -0.4 is 0 Å². The predicted octanol–water partition coefficient (Wildman–Crippen LogP) is 1.63. The lowest BCUT2D eigenvalue weighted by atomic mass is 9.99. The minimum absolute atomic E-state index is 0.0247. The normalized spacial score (nSPS) is 17.5. The summed E-state index contributed by atoms with van der Waals surface area (Å²) < 4.78 is 10.5. The van der Waals surface area contributed by atoms with Crippen LogP contribution in [0.4, 0.5) is 0 Å². The molecule has 5 rings (SSSR count). The number of carbonyl (C=O) groups excluding carboxylic acids is 1. The molecule has 126 valence electrons. The van der Waals surface area contributed by atoms with Gasteiger partial charge in [0, 0.05) is 37.5 Å². The molecule has 0 N–H and O–H groups in total. The molecule has 2 aliphatic rings. The molecular weight excluding hydrogens is 324 g/mol. The van der Waals surface area contributed by atoms with E-state index in [2.05, 4.69) is 25.3 Å². The molecule has 0 aromatic carbocycles. The summed E-state index contributed by atoms with van der Waals surface area (Å²) in [6.07, 6.45) is 6.95. The van der Waals surface area contributed by atoms with E-state index in [-0.39, 0.29) is 11.8 Å². The van der Waals surface area contributed by atoms with Crippen LogP contribution in [0.1, 0.15) is 46.8 Å². The van der Waals surface area contributed by atoms with Crippen molar-refractivity contribution in [3.8, 4) is 11.5 Å². The van der Waals surface area contributed by atoms with Crippen LogP contribution in [0.5, 0.6) is 0 Å². The molecule has 1 amide bonds. The Balaban J connectivity index is 1.24. The highest BCUT2D eigenvalue weighted by Gasteiger charge is 2.38. The fraction of sp³-hybridized carbons (Fsp3) is 0.375. The van der Waals surface area contributed by atoms with Gasteiger partial charge >= 0.3 is 0 Å². The summed E-state index contributed by atoms with van der Waals surface area (Å²) in [6, 6.07) is 1.76. The monoisotopic (exact) mass is 338 g/mol. The van der Waals surface area contributed by atoms with Gasteiger partial charge in [-0.1, -0.05) is 10.3 Å². The van der Waals surface area contributed by atoms with Crippen molar-refractivity contribution in [1.29, 1.82) is 0 Å². The van der Waals surface area contributed by atoms with Gasteiger partial charge in [-0.2, -0.15) is 4.98 Å². The van der Waals surface area contributed by atoms with Crippen molar-refractivity contribution in [2.75, 3.05) is 13.1 Å². The Morgan fingerprint density at radius 2 is 2.00 bits per heavy atom. The molecule has 1 saturated heterocycles. The van der Waals surface area contributed by atoms with E-state index in [0.29, 0.717) is 42.1 Å². The predicted molar refractivity (Wildman–Crippen MR) is 82.4 cm³/mol. The fourth-order valence-corrected chi connectivity index (χ4v) is 2.83. The van der Waals surface area contributed by atoms with Gasteiger partial charge in [-0.25, -0.2) is 4.98 Å². The van der Waals surface area contributed by atoms with Gasteiger partial charge in [0.1, 0.15) is 11.5 Å². The number of likely N-dealkylation sites (tertiary alicyclic amines) is 1. The molecule has 3 aromatic heterocycles. The summed E-state index contributed by atoms with van der Waals surface area (Å²) >= 11 is 0. The molecule has 0 spiro atoms. The molecule has 25 heavy (non-hydrogen) atoms. The van der Waals surface area contributed by atoms with Crippen LogP contribution in [-0.2, 0) is 0 Å². The summed E-state index contributed by atoms with van der Waals surface area (Å²) in [5, 5.41) is 7.82. The molecule has 4 heterocycles. The molecule has 0 atom stereocenters. The van der Waals surface area contributed by atoms with E-state index >= 15 is 0 Å². The topological polar surface area (TPSA) is 111 Å². The first kappa shape index (κ1) is 14.3. The van der Waals surface area contributed by atoms with Crippen molar-refractivity contribution >= 4 is 5.91 Å². The fourth-order valence-electron chi connectivity index (χ4n) is 2.83. The maximum absolute atomic E-state index is 12.4. The van der Waals surface area contributed by atoms with Crippen LogP contribution in [-0.4, -0.2) is 49.2 Å². The van der Waals surface area contributed by atoms with E-state index in [4.69, 9.17) is 9.05 Å². The Kier molecular flexibility index (Phi) is 3.12. The molecule has 0 radical (unpaired) electrons. The molecule has 2 fully saturated rings. The largest absolute Gasteiger partial charge is 0.360 e. The Labute approximate surface area is 142 Å². The van der Waals surface area contributed by atoms with Gasteiger partial charge in [0.15, 0.2) is 5.69 Å². The van der Waals surface area contributed by atoms with E-state index in [1.165, 1.54) is 0 Å². The second kappa shape index (κ2) is 5.47. The number of carbonyl (C=O) groups is 1. The highest BCUT2D eigenvalue weighted by Crippen LogP contribution is 2.40. The average molecular weight is 338 g/mol. The van der Waals surface area contributed by atoms with Crippen molar-refractivity contribution in [3.63, 3.8) is 0 Å². The zero-order chi connectivity index (χ0) is 16.8. The zero-order valence-electron chi connectivity index (χ0n) is 13.2. The molecule has 0 unspecified atom stereocenters. The Morgan fingerprint density at radius 3 is 2.76 bits per heavy atom. The lowest BCUT2D eigenvalue weighted by molar-refractivity contribution is 0.0558. The quantitative estimate of drug-likeness (QED) is 0.705. The lowest BCUT2D eigenvalue weighted by Gasteiger charge is -2.36. The summed E-state index contributed by atoms with van der Waals surface area (Å²) in [6.45, 7) is 1.04. The van der Waals surface area contributed by atoms with Gasteiger partial charge in [-0.3, -0.25) is 9.78 Å². The number of nitrogens with zero attached hydrogens (tertiary/aromatic N) is 6. The molecule has 1 aliphatic heterocycles. The highest BCUT2D eigenvalue weighted by atomic mass is 16.5. The van der Waals surface area contributed by atoms with Crippen LogP contribution in [0.25, 0.3) is 11.5 Å². The molecule has 1 aliphatic carbocycles. The first-order valence-electron chi connectivity index (χ1n) is 8.14. The molecule has 3 aromatic rings. The molecular formula is C16H14N6O3. The van der Waals surface area contributed by atoms with Crippen molar-refractivity contribution < 1.29 is 13.8 Å². The average Bonchev–Trinajstić information content (AvgIpc) is 3.14. The number of amides is 1. The number of hydrogen-bond donors (Lipinski definition) is 0. The maximum atomic E-state index is 12.4. The van der Waals surface area contributed by atoms with Gasteiger partial charge in [0.05, 0.1) is 12.1 Å². The summed E-state index contributed by atoms with van der Waals surface area (Å²) in [7, 11) is 0. The van der Waals surface area contributed by atoms with Crippen LogP contribution in [0.2, 0.25) is 0 Å². The Morgan fingerprint density at radius 1 is 1.12 bits per heavy atom. The smallest absolute Gasteiger partial charge is 0.276 e. The molecule has 9 heteroatoms. The van der Waals surface area contributed by atoms with Gasteiger partial charge in [0.25, 0.3) is 5.91 Å². The summed E-state index contributed by atoms with van der Waals surface area (Å²) in [5.74, 6) is 2.06. The third-order valence-electron chi connectivity index (χ3n) is 4.48. The second-order valence-corrected chi connectivity index (χ2v) is 6.34. The molecule has 9 nitrogen and oxygen atoms in total. The van der Waals surface area contributed by atoms with Crippen molar-refractivity contribution in [1.82, 2.24) is 30.2 Å². The van der Waals surface area contributed by atoms with Gasteiger partial charge in [0.2, 0.25) is 11.7 Å². The maximum Gasteiger partial charge on any atom is 0.276 e. The summed E-state index contributed by atoms with van der Waals surface area (Å²) in [5.41, 5.74) is 0.922. The lowest BCUT2D eigenvalue weighted by Crippen LogP contribution is -2.48. The highest BCUT2D eigenvalue weighted by molar-refractivity contribution is 5.93. The Hall–Kier alpha value is -3.10. The van der Waals surface area contributed by atoms with E-state index in [1.807, 2.05) is 0 Å². The van der Waals surface area contributed by atoms with Crippen LogP contribution >= 0.6 is 0 Å². The van der Waals surface area contributed by atoms with E-state index in [9.17, 15) is 4.79 Å². The van der Waals surface area contributed by atoms with Crippen molar-refractivity contribution in [2.24, 2.45) is 0 Å². The summed E-state index contributed by atoms with van der Waals surface area (Å²) in [4.78, 5) is 26.6. The second-order valence-electron chi connectivity index (χ2n) is 6.34. The van der Waals surface area contributed by atoms with E-state index in [0.717, 1.165) is 18.6 Å². The number of hydrogen-bond acceptors (Lipinski definition) is 8. The number of aromatic nitrogens is 5. The standard InChI is InChI=1S/C16H14N6O3/c23-16(11-5-13(24-20-11)9-1-2-9)22-7-10(8-22)15-19-14(21-25-15)12-6-17-3-4-18-12/h3-6,9-10H,1-2,7-8H2. The van der Waals surface area contributed by atoms with Gasteiger partial charge in [-0.15, -0.1) is 0 Å². The van der Waals surface area contributed by atoms with Crippen LogP contribution in [0, 0.1) is 0 Å². The number of rotatable bonds is 4. The first-order valence-corrected chi connectivity index (χ1v) is 8.14. The van der Waals surface area contributed by atoms with Crippen molar-refractivity contribution in [3.05, 3.63) is 42.0 Å². The third-order valence-corrected chi connectivity index (χ3v) is 4.48. The van der Waals surface area contributed by atoms with Gasteiger partial charge < -0.3 is 13.9 Å². The zero-order valence-corrected chi connectivity index (χ0v) is 13.2. The van der Waals surface area contributed by atoms with E-state index < -0.39 is 0 Å².